The van der Waals surface area contributed by atoms with Gasteiger partial charge in [0.25, 0.3) is 0 Å². The van der Waals surface area contributed by atoms with Crippen molar-refractivity contribution in [1.29, 1.82) is 0 Å². The van der Waals surface area contributed by atoms with Crippen LogP contribution in [0.3, 0.4) is 0 Å². The van der Waals surface area contributed by atoms with E-state index in [0.717, 1.165) is 24.3 Å². The van der Waals surface area contributed by atoms with Crippen LogP contribution in [-0.2, 0) is 19.6 Å². The Balaban J connectivity index is 1.82. The van der Waals surface area contributed by atoms with Crippen LogP contribution in [0.25, 0.3) is 0 Å². The van der Waals surface area contributed by atoms with Gasteiger partial charge in [0.1, 0.15) is 5.82 Å². The van der Waals surface area contributed by atoms with E-state index in [0.29, 0.717) is 13.1 Å². The third-order valence-electron chi connectivity index (χ3n) is 2.85. The van der Waals surface area contributed by atoms with Crippen LogP contribution in [0.5, 0.6) is 0 Å². The summed E-state index contributed by atoms with van der Waals surface area (Å²) in [6, 6.07) is 6.65. The fourth-order valence-electron chi connectivity index (χ4n) is 1.84. The second kappa shape index (κ2) is 6.40. The molecule has 1 aromatic heterocycles. The summed E-state index contributed by atoms with van der Waals surface area (Å²) in [5, 5.41) is 7.91. The maximum atomic E-state index is 13.1. The largest absolute Gasteiger partial charge is 0.325 e. The molecule has 1 heterocycles. The first kappa shape index (κ1) is 13.6. The van der Waals surface area contributed by atoms with E-state index in [-0.39, 0.29) is 5.82 Å². The van der Waals surface area contributed by atoms with E-state index >= 15 is 0 Å². The molecule has 102 valence electrons. The van der Waals surface area contributed by atoms with Gasteiger partial charge in [-0.2, -0.15) is 0 Å². The Morgan fingerprint density at radius 1 is 1.42 bits per heavy atom. The Kier molecular flexibility index (Phi) is 4.59. The van der Waals surface area contributed by atoms with Crippen LogP contribution in [0.15, 0.2) is 30.5 Å². The zero-order valence-corrected chi connectivity index (χ0v) is 11.0. The minimum absolute atomic E-state index is 0.199. The molecular formula is C13H18FN5. The van der Waals surface area contributed by atoms with Crippen molar-refractivity contribution >= 4 is 0 Å². The summed E-state index contributed by atoms with van der Waals surface area (Å²) in [5.41, 5.74) is 7.22. The molecule has 0 bridgehead atoms. The normalized spacial score (nSPS) is 11.2. The van der Waals surface area contributed by atoms with Gasteiger partial charge in [-0.25, -0.2) is 4.39 Å². The molecule has 0 unspecified atom stereocenters. The van der Waals surface area contributed by atoms with E-state index < -0.39 is 0 Å². The average molecular weight is 263 g/mol. The van der Waals surface area contributed by atoms with E-state index in [4.69, 9.17) is 5.73 Å². The SMILES string of the molecule is CN(CCn1cc(CN)nn1)Cc1cccc(F)c1. The van der Waals surface area contributed by atoms with Crippen molar-refractivity contribution in [2.45, 2.75) is 19.6 Å². The third kappa shape index (κ3) is 4.11. The van der Waals surface area contributed by atoms with Crippen LogP contribution in [0.1, 0.15) is 11.3 Å². The molecular weight excluding hydrogens is 245 g/mol. The molecule has 0 saturated heterocycles. The Morgan fingerprint density at radius 3 is 2.95 bits per heavy atom. The summed E-state index contributed by atoms with van der Waals surface area (Å²) in [6.45, 7) is 2.65. The molecule has 0 amide bonds. The molecule has 2 N–H and O–H groups in total. The smallest absolute Gasteiger partial charge is 0.123 e. The van der Waals surface area contributed by atoms with Gasteiger partial charge in [-0.3, -0.25) is 4.68 Å². The first-order valence-corrected chi connectivity index (χ1v) is 6.19. The van der Waals surface area contributed by atoms with E-state index in [1.165, 1.54) is 6.07 Å². The van der Waals surface area contributed by atoms with Crippen LogP contribution >= 0.6 is 0 Å². The monoisotopic (exact) mass is 263 g/mol. The maximum absolute atomic E-state index is 13.1. The van der Waals surface area contributed by atoms with E-state index in [1.54, 1.807) is 16.8 Å². The van der Waals surface area contributed by atoms with Crippen LogP contribution in [-0.4, -0.2) is 33.5 Å². The zero-order valence-electron chi connectivity index (χ0n) is 11.0. The molecule has 0 spiro atoms. The molecule has 0 fully saturated rings. The predicted molar refractivity (Wildman–Crippen MR) is 70.6 cm³/mol. The quantitative estimate of drug-likeness (QED) is 0.845. The topological polar surface area (TPSA) is 60.0 Å². The summed E-state index contributed by atoms with van der Waals surface area (Å²) in [6.07, 6.45) is 1.84. The number of halogens is 1. The molecule has 0 radical (unpaired) electrons. The molecule has 5 nitrogen and oxygen atoms in total. The standard InChI is InChI=1S/C13H18FN5/c1-18(9-11-3-2-4-12(14)7-11)5-6-19-10-13(8-15)16-17-19/h2-4,7,10H,5-6,8-9,15H2,1H3. The second-order valence-corrected chi connectivity index (χ2v) is 4.54. The molecule has 1 aromatic carbocycles. The summed E-state index contributed by atoms with van der Waals surface area (Å²) in [5.74, 6) is -0.199. The minimum Gasteiger partial charge on any atom is -0.325 e. The van der Waals surface area contributed by atoms with Crippen molar-refractivity contribution in [3.8, 4) is 0 Å². The Morgan fingerprint density at radius 2 is 2.26 bits per heavy atom. The first-order valence-electron chi connectivity index (χ1n) is 6.19. The lowest BCUT2D eigenvalue weighted by Gasteiger charge is -2.16. The van der Waals surface area contributed by atoms with Crippen LogP contribution in [0.4, 0.5) is 4.39 Å². The fourth-order valence-corrected chi connectivity index (χ4v) is 1.84. The lowest BCUT2D eigenvalue weighted by atomic mass is 10.2. The van der Waals surface area contributed by atoms with Crippen molar-refractivity contribution in [2.24, 2.45) is 5.73 Å². The molecule has 2 aromatic rings. The summed E-state index contributed by atoms with van der Waals surface area (Å²) in [4.78, 5) is 2.11. The van der Waals surface area contributed by atoms with Crippen LogP contribution in [0.2, 0.25) is 0 Å². The lowest BCUT2D eigenvalue weighted by molar-refractivity contribution is 0.303. The summed E-state index contributed by atoms with van der Waals surface area (Å²) in [7, 11) is 1.99. The van der Waals surface area contributed by atoms with Gasteiger partial charge in [0.05, 0.1) is 12.2 Å². The van der Waals surface area contributed by atoms with E-state index in [9.17, 15) is 4.39 Å². The summed E-state index contributed by atoms with van der Waals surface area (Å²) < 4.78 is 14.8. The highest BCUT2D eigenvalue weighted by Gasteiger charge is 2.03. The second-order valence-electron chi connectivity index (χ2n) is 4.54. The van der Waals surface area contributed by atoms with Gasteiger partial charge in [-0.05, 0) is 24.7 Å². The fraction of sp³-hybridized carbons (Fsp3) is 0.385. The molecule has 0 atom stereocenters. The number of aromatic nitrogens is 3. The van der Waals surface area contributed by atoms with Crippen molar-refractivity contribution in [2.75, 3.05) is 13.6 Å². The highest BCUT2D eigenvalue weighted by molar-refractivity contribution is 5.15. The number of rotatable bonds is 6. The Bertz CT molecular complexity index is 525. The minimum atomic E-state index is -0.199. The van der Waals surface area contributed by atoms with Gasteiger partial charge in [-0.15, -0.1) is 5.10 Å². The van der Waals surface area contributed by atoms with Gasteiger partial charge < -0.3 is 10.6 Å². The van der Waals surface area contributed by atoms with Crippen molar-refractivity contribution in [3.05, 3.63) is 47.5 Å². The lowest BCUT2D eigenvalue weighted by Crippen LogP contribution is -2.23. The van der Waals surface area contributed by atoms with Gasteiger partial charge in [0, 0.05) is 25.8 Å². The van der Waals surface area contributed by atoms with Gasteiger partial charge in [0.2, 0.25) is 0 Å². The molecule has 0 aliphatic heterocycles. The molecule has 0 aliphatic rings. The van der Waals surface area contributed by atoms with Crippen molar-refractivity contribution in [3.63, 3.8) is 0 Å². The van der Waals surface area contributed by atoms with E-state index in [2.05, 4.69) is 15.2 Å². The highest BCUT2D eigenvalue weighted by Crippen LogP contribution is 2.06. The van der Waals surface area contributed by atoms with Crippen molar-refractivity contribution < 1.29 is 4.39 Å². The molecule has 19 heavy (non-hydrogen) atoms. The van der Waals surface area contributed by atoms with Crippen molar-refractivity contribution in [1.82, 2.24) is 19.9 Å². The number of nitrogens with zero attached hydrogens (tertiary/aromatic N) is 4. The number of hydrogen-bond donors (Lipinski definition) is 1. The molecule has 0 aliphatic carbocycles. The zero-order chi connectivity index (χ0) is 13.7. The van der Waals surface area contributed by atoms with Gasteiger partial charge >= 0.3 is 0 Å². The Hall–Kier alpha value is -1.79. The molecule has 2 rings (SSSR count). The first-order chi connectivity index (χ1) is 9.17. The van der Waals surface area contributed by atoms with Gasteiger partial charge in [0.15, 0.2) is 0 Å². The number of hydrogen-bond acceptors (Lipinski definition) is 4. The maximum Gasteiger partial charge on any atom is 0.123 e. The number of likely N-dealkylation sites (N-methyl/N-ethyl adjacent to an activating group) is 1. The highest BCUT2D eigenvalue weighted by atomic mass is 19.1. The predicted octanol–water partition coefficient (Wildman–Crippen LogP) is 1.01. The van der Waals surface area contributed by atoms with E-state index in [1.807, 2.05) is 19.3 Å². The van der Waals surface area contributed by atoms with Crippen LogP contribution < -0.4 is 5.73 Å². The number of benzene rings is 1. The Labute approximate surface area is 111 Å². The third-order valence-corrected chi connectivity index (χ3v) is 2.85. The molecule has 6 heteroatoms. The summed E-state index contributed by atoms with van der Waals surface area (Å²) >= 11 is 0. The van der Waals surface area contributed by atoms with Gasteiger partial charge in [-0.1, -0.05) is 17.3 Å². The number of nitrogens with two attached hydrogens (primary N) is 1. The molecule has 0 saturated carbocycles. The average Bonchev–Trinajstić information content (AvgIpc) is 2.84. The van der Waals surface area contributed by atoms with Crippen LogP contribution in [0, 0.1) is 5.82 Å².